The minimum Gasteiger partial charge on any atom is -0.508 e. The lowest BCUT2D eigenvalue weighted by Gasteiger charge is -2.18. The van der Waals surface area contributed by atoms with Crippen LogP contribution >= 0.6 is 0 Å². The lowest BCUT2D eigenvalue weighted by molar-refractivity contribution is -0.137. The van der Waals surface area contributed by atoms with Crippen LogP contribution in [0.15, 0.2) is 96.2 Å². The van der Waals surface area contributed by atoms with Crippen molar-refractivity contribution in [3.63, 3.8) is 0 Å². The van der Waals surface area contributed by atoms with Crippen molar-refractivity contribution in [3.05, 3.63) is 124 Å². The molecule has 3 aromatic carbocycles. The number of carbonyl (C=O) groups excluding carboxylic acids is 2. The normalized spacial score (nSPS) is 12.7. The van der Waals surface area contributed by atoms with E-state index < -0.39 is 11.7 Å². The SMILES string of the molecule is CC(C)c1cc(-c2n[nH]c(=O)n2-c2ccc3c(c2)cc(C(=O)NCCCC(=O)OC2=COCc4cn5cc6cc7ccccc7nc6c5cc42)n3C)c(O)cc1O. The minimum atomic E-state index is -0.523. The summed E-state index contributed by atoms with van der Waals surface area (Å²) in [6.07, 6.45) is 5.87. The number of rotatable bonds is 9. The Morgan fingerprint density at radius 2 is 1.79 bits per heavy atom. The second-order valence-corrected chi connectivity index (χ2v) is 14.5. The van der Waals surface area contributed by atoms with Crippen LogP contribution in [0, 0.1) is 0 Å². The van der Waals surface area contributed by atoms with Crippen LogP contribution in [0.5, 0.6) is 11.5 Å². The number of hydrogen-bond donors (Lipinski definition) is 4. The summed E-state index contributed by atoms with van der Waals surface area (Å²) in [6, 6.07) is 21.9. The molecule has 0 saturated heterocycles. The Balaban J connectivity index is 0.868. The number of pyridine rings is 2. The molecule has 5 aromatic heterocycles. The Morgan fingerprint density at radius 3 is 2.63 bits per heavy atom. The molecule has 0 atom stereocenters. The van der Waals surface area contributed by atoms with E-state index in [-0.39, 0.29) is 47.7 Å². The van der Waals surface area contributed by atoms with Gasteiger partial charge in [0.2, 0.25) is 0 Å². The Kier molecular flexibility index (Phi) is 8.53. The summed E-state index contributed by atoms with van der Waals surface area (Å²) < 4.78 is 16.5. The number of nitrogens with one attached hydrogen (secondary N) is 2. The van der Waals surface area contributed by atoms with Gasteiger partial charge in [0.15, 0.2) is 11.6 Å². The zero-order valence-electron chi connectivity index (χ0n) is 31.2. The summed E-state index contributed by atoms with van der Waals surface area (Å²) in [5.41, 5.74) is 6.22. The minimum absolute atomic E-state index is 0.0474. The maximum absolute atomic E-state index is 13.3. The highest BCUT2D eigenvalue weighted by molar-refractivity contribution is 6.02. The first-order chi connectivity index (χ1) is 27.5. The lowest BCUT2D eigenvalue weighted by Crippen LogP contribution is -2.26. The second-order valence-electron chi connectivity index (χ2n) is 14.5. The third-order valence-electron chi connectivity index (χ3n) is 10.4. The first kappa shape index (κ1) is 35.4. The number of benzene rings is 3. The number of para-hydroxylation sites is 1. The molecule has 4 N–H and O–H groups in total. The molecule has 57 heavy (non-hydrogen) atoms. The highest BCUT2D eigenvalue weighted by atomic mass is 16.6. The highest BCUT2D eigenvalue weighted by Gasteiger charge is 2.23. The monoisotopic (exact) mass is 763 g/mol. The van der Waals surface area contributed by atoms with Crippen molar-refractivity contribution in [2.45, 2.75) is 39.2 Å². The summed E-state index contributed by atoms with van der Waals surface area (Å²) in [7, 11) is 1.77. The number of aromatic amines is 1. The van der Waals surface area contributed by atoms with Crippen molar-refractivity contribution in [1.82, 2.24) is 34.0 Å². The first-order valence-corrected chi connectivity index (χ1v) is 18.5. The molecule has 8 aromatic rings. The zero-order chi connectivity index (χ0) is 39.5. The highest BCUT2D eigenvalue weighted by Crippen LogP contribution is 2.38. The van der Waals surface area contributed by atoms with Gasteiger partial charge < -0.3 is 34.0 Å². The van der Waals surface area contributed by atoms with Crippen LogP contribution < -0.4 is 11.0 Å². The van der Waals surface area contributed by atoms with Crippen molar-refractivity contribution in [2.24, 2.45) is 7.05 Å². The smallest absolute Gasteiger partial charge is 0.348 e. The molecule has 6 heterocycles. The summed E-state index contributed by atoms with van der Waals surface area (Å²) in [5, 5.41) is 33.3. The van der Waals surface area contributed by atoms with Crippen molar-refractivity contribution < 1.29 is 29.3 Å². The van der Waals surface area contributed by atoms with Crippen molar-refractivity contribution in [1.29, 1.82) is 0 Å². The molecule has 14 heteroatoms. The van der Waals surface area contributed by atoms with Crippen LogP contribution in [-0.2, 0) is 27.9 Å². The van der Waals surface area contributed by atoms with E-state index in [0.29, 0.717) is 41.1 Å². The lowest BCUT2D eigenvalue weighted by atomic mass is 9.98. The number of H-pyrrole nitrogens is 1. The van der Waals surface area contributed by atoms with Gasteiger partial charge >= 0.3 is 11.7 Å². The molecule has 0 aliphatic carbocycles. The molecule has 1 amide bonds. The third-order valence-corrected chi connectivity index (χ3v) is 10.4. The van der Waals surface area contributed by atoms with Gasteiger partial charge in [-0.1, -0.05) is 32.0 Å². The van der Waals surface area contributed by atoms with E-state index in [1.54, 1.807) is 41.9 Å². The largest absolute Gasteiger partial charge is 0.508 e. The molecule has 0 bridgehead atoms. The predicted octanol–water partition coefficient (Wildman–Crippen LogP) is 6.79. The Bertz CT molecular complexity index is 3040. The van der Waals surface area contributed by atoms with E-state index in [0.717, 1.165) is 44.0 Å². The predicted molar refractivity (Wildman–Crippen MR) is 214 cm³/mol. The number of esters is 1. The number of aryl methyl sites for hydroxylation is 1. The number of hydrogen-bond acceptors (Lipinski definition) is 9. The summed E-state index contributed by atoms with van der Waals surface area (Å²) >= 11 is 0. The average Bonchev–Trinajstić information content (AvgIpc) is 3.86. The number of amides is 1. The van der Waals surface area contributed by atoms with Gasteiger partial charge in [0.05, 0.1) is 27.8 Å². The van der Waals surface area contributed by atoms with Gasteiger partial charge in [-0.25, -0.2) is 19.4 Å². The van der Waals surface area contributed by atoms with Crippen LogP contribution in [0.4, 0.5) is 0 Å². The number of carbonyl (C=O) groups is 2. The van der Waals surface area contributed by atoms with Gasteiger partial charge in [-0.2, -0.15) is 5.10 Å². The number of aromatic hydroxyl groups is 2. The number of phenolic OH excluding ortho intramolecular Hbond substituents is 2. The van der Waals surface area contributed by atoms with Gasteiger partial charge in [0.1, 0.15) is 30.1 Å². The van der Waals surface area contributed by atoms with Crippen LogP contribution in [0.2, 0.25) is 0 Å². The molecular formula is C43H37N7O7. The number of fused-ring (bicyclic) bond motifs is 6. The van der Waals surface area contributed by atoms with E-state index in [1.165, 1.54) is 16.9 Å². The van der Waals surface area contributed by atoms with Crippen LogP contribution in [0.1, 0.15) is 59.8 Å². The number of phenols is 2. The molecular weight excluding hydrogens is 727 g/mol. The van der Waals surface area contributed by atoms with Crippen molar-refractivity contribution >= 4 is 55.9 Å². The number of ether oxygens (including phenoxy) is 2. The number of nitrogens with zero attached hydrogens (tertiary/aromatic N) is 5. The Labute approximate surface area is 324 Å². The zero-order valence-corrected chi connectivity index (χ0v) is 31.2. The Hall–Kier alpha value is -7.35. The standard InChI is InChI=1S/C43H37N7O7/c1-23(2)29-16-31(37(52)18-36(29)51)41-46-47-43(55)50(41)28-10-11-33-25(14-28)15-35(48(33)3)42(54)44-12-6-9-39(53)57-38-22-56-21-27-20-49-19-26-13-24-7-4-5-8-32(24)45-40(26)34(49)17-30(27)38/h4-5,7-8,10-11,13-20,22-23,51-52H,6,9,12,21H2,1-3H3,(H,44,54)(H,47,55). The van der Waals surface area contributed by atoms with E-state index in [4.69, 9.17) is 14.5 Å². The fourth-order valence-electron chi connectivity index (χ4n) is 7.53. The fraction of sp³-hybridized carbons (Fsp3) is 0.186. The van der Waals surface area contributed by atoms with Crippen LogP contribution in [0.3, 0.4) is 0 Å². The van der Waals surface area contributed by atoms with Crippen LogP contribution in [0.25, 0.3) is 61.1 Å². The second kappa shape index (κ2) is 13.7. The maximum Gasteiger partial charge on any atom is 0.348 e. The molecule has 0 saturated carbocycles. The van der Waals surface area contributed by atoms with E-state index in [2.05, 4.69) is 21.6 Å². The topological polar surface area (TPSA) is 178 Å². The first-order valence-electron chi connectivity index (χ1n) is 18.5. The summed E-state index contributed by atoms with van der Waals surface area (Å²) in [6.45, 7) is 4.38. The van der Waals surface area contributed by atoms with E-state index in [9.17, 15) is 24.6 Å². The third kappa shape index (κ3) is 6.20. The number of aromatic nitrogens is 6. The quantitative estimate of drug-likeness (QED) is 0.0911. The molecule has 0 fully saturated rings. The maximum atomic E-state index is 13.3. The Morgan fingerprint density at radius 1 is 0.947 bits per heavy atom. The summed E-state index contributed by atoms with van der Waals surface area (Å²) in [5.74, 6) is -0.622. The van der Waals surface area contributed by atoms with Gasteiger partial charge in [0.25, 0.3) is 5.91 Å². The average molecular weight is 764 g/mol. The fourth-order valence-corrected chi connectivity index (χ4v) is 7.53. The van der Waals surface area contributed by atoms with E-state index >= 15 is 0 Å². The van der Waals surface area contributed by atoms with E-state index in [1.807, 2.05) is 61.0 Å². The molecule has 0 unspecified atom stereocenters. The van der Waals surface area contributed by atoms with Crippen molar-refractivity contribution in [2.75, 3.05) is 6.54 Å². The molecule has 0 radical (unpaired) electrons. The molecule has 1 aliphatic rings. The van der Waals surface area contributed by atoms with Gasteiger partial charge in [-0.05, 0) is 66.4 Å². The van der Waals surface area contributed by atoms with Crippen LogP contribution in [-0.4, -0.2) is 57.4 Å². The molecule has 0 spiro atoms. The van der Waals surface area contributed by atoms with Crippen molar-refractivity contribution in [3.8, 4) is 28.6 Å². The molecule has 286 valence electrons. The van der Waals surface area contributed by atoms with Gasteiger partial charge in [-0.15, -0.1) is 0 Å². The van der Waals surface area contributed by atoms with Gasteiger partial charge in [0, 0.05) is 71.3 Å². The molecule has 1 aliphatic heterocycles. The molecule has 14 nitrogen and oxygen atoms in total. The van der Waals surface area contributed by atoms with Gasteiger partial charge in [-0.3, -0.25) is 9.59 Å². The molecule has 9 rings (SSSR count). The summed E-state index contributed by atoms with van der Waals surface area (Å²) in [4.78, 5) is 44.3.